The van der Waals surface area contributed by atoms with Crippen LogP contribution in [0.2, 0.25) is 0 Å². The number of aliphatic imine (C=N–C) groups is 1. The number of carbonyl (C=O) groups is 3. The molecular formula is C32H31F3N4O3. The Balaban J connectivity index is 1.55. The number of nitrogens with zero attached hydrogens (tertiary/aromatic N) is 2. The average Bonchev–Trinajstić information content (AvgIpc) is 3.81. The van der Waals surface area contributed by atoms with E-state index in [0.717, 1.165) is 12.8 Å². The molecule has 0 bridgehead atoms. The number of alkyl halides is 3. The lowest BCUT2D eigenvalue weighted by Gasteiger charge is -2.28. The Labute approximate surface area is 241 Å². The van der Waals surface area contributed by atoms with Crippen molar-refractivity contribution in [3.63, 3.8) is 0 Å². The minimum atomic E-state index is -4.57. The first-order valence-corrected chi connectivity index (χ1v) is 13.9. The largest absolute Gasteiger partial charge is 0.389 e. The molecule has 1 fully saturated rings. The Kier molecular flexibility index (Phi) is 8.42. The summed E-state index contributed by atoms with van der Waals surface area (Å²) in [5.41, 5.74) is 8.49. The lowest BCUT2D eigenvalue weighted by Crippen LogP contribution is -2.51. The predicted octanol–water partition coefficient (Wildman–Crippen LogP) is 4.95. The van der Waals surface area contributed by atoms with E-state index in [0.29, 0.717) is 40.6 Å². The van der Waals surface area contributed by atoms with Crippen molar-refractivity contribution in [1.82, 2.24) is 5.32 Å². The molecule has 3 N–H and O–H groups in total. The van der Waals surface area contributed by atoms with E-state index < -0.39 is 54.7 Å². The van der Waals surface area contributed by atoms with Crippen molar-refractivity contribution in [3.8, 4) is 0 Å². The maximum atomic E-state index is 14.0. The second-order valence-corrected chi connectivity index (χ2v) is 10.7. The summed E-state index contributed by atoms with van der Waals surface area (Å²) in [6.07, 6.45) is -6.08. The maximum Gasteiger partial charge on any atom is 0.389 e. The van der Waals surface area contributed by atoms with Crippen LogP contribution in [0.3, 0.4) is 0 Å². The van der Waals surface area contributed by atoms with E-state index in [1.54, 1.807) is 35.2 Å². The molecule has 1 aliphatic carbocycles. The molecule has 1 saturated carbocycles. The van der Waals surface area contributed by atoms with Gasteiger partial charge >= 0.3 is 6.18 Å². The molecular weight excluding hydrogens is 545 g/mol. The lowest BCUT2D eigenvalue weighted by atomic mass is 9.81. The van der Waals surface area contributed by atoms with E-state index in [4.69, 9.17) is 10.7 Å². The topological polar surface area (TPSA) is 105 Å². The van der Waals surface area contributed by atoms with Gasteiger partial charge in [0.2, 0.25) is 18.0 Å². The second kappa shape index (κ2) is 12.2. The molecule has 1 aliphatic heterocycles. The highest BCUT2D eigenvalue weighted by Gasteiger charge is 2.41. The van der Waals surface area contributed by atoms with Crippen LogP contribution in [-0.2, 0) is 14.4 Å². The molecule has 1 unspecified atom stereocenters. The third-order valence-corrected chi connectivity index (χ3v) is 7.62. The van der Waals surface area contributed by atoms with E-state index in [9.17, 15) is 27.6 Å². The highest BCUT2D eigenvalue weighted by atomic mass is 19.4. The fourth-order valence-electron chi connectivity index (χ4n) is 5.36. The normalized spacial score (nSPS) is 18.4. The Morgan fingerprint density at radius 2 is 1.57 bits per heavy atom. The van der Waals surface area contributed by atoms with Crippen molar-refractivity contribution < 1.29 is 27.6 Å². The smallest absolute Gasteiger partial charge is 0.369 e. The van der Waals surface area contributed by atoms with Gasteiger partial charge in [-0.2, -0.15) is 13.2 Å². The zero-order valence-corrected chi connectivity index (χ0v) is 22.8. The van der Waals surface area contributed by atoms with Gasteiger partial charge in [0.05, 0.1) is 23.2 Å². The van der Waals surface area contributed by atoms with Gasteiger partial charge in [-0.25, -0.2) is 4.99 Å². The quantitative estimate of drug-likeness (QED) is 0.357. The van der Waals surface area contributed by atoms with E-state index in [1.807, 2.05) is 54.6 Å². The van der Waals surface area contributed by atoms with Crippen LogP contribution in [0.1, 0.15) is 48.3 Å². The number of benzene rings is 3. The van der Waals surface area contributed by atoms with Crippen LogP contribution in [0.15, 0.2) is 89.9 Å². The zero-order valence-electron chi connectivity index (χ0n) is 22.8. The first-order chi connectivity index (χ1) is 20.1. The third kappa shape index (κ3) is 6.70. The Morgan fingerprint density at radius 1 is 0.952 bits per heavy atom. The van der Waals surface area contributed by atoms with Crippen LogP contribution < -0.4 is 16.0 Å². The van der Waals surface area contributed by atoms with Crippen molar-refractivity contribution in [3.05, 3.63) is 102 Å². The molecule has 0 aromatic heterocycles. The number of nitrogens with one attached hydrogen (secondary N) is 1. The third-order valence-electron chi connectivity index (χ3n) is 7.62. The van der Waals surface area contributed by atoms with Gasteiger partial charge in [0.15, 0.2) is 0 Å². The molecule has 42 heavy (non-hydrogen) atoms. The summed E-state index contributed by atoms with van der Waals surface area (Å²) in [5, 5.41) is 2.62. The van der Waals surface area contributed by atoms with Gasteiger partial charge in [0, 0.05) is 24.1 Å². The monoisotopic (exact) mass is 576 g/mol. The number of primary amides is 1. The Hall–Kier alpha value is -4.47. The van der Waals surface area contributed by atoms with Gasteiger partial charge in [-0.15, -0.1) is 0 Å². The first kappa shape index (κ1) is 29.0. The first-order valence-electron chi connectivity index (χ1n) is 13.9. The van der Waals surface area contributed by atoms with Crippen LogP contribution in [0.4, 0.5) is 18.9 Å². The van der Waals surface area contributed by atoms with Gasteiger partial charge in [-0.1, -0.05) is 78.9 Å². The van der Waals surface area contributed by atoms with E-state index in [2.05, 4.69) is 5.32 Å². The lowest BCUT2D eigenvalue weighted by molar-refractivity contribution is -0.144. The van der Waals surface area contributed by atoms with Crippen LogP contribution in [0.25, 0.3) is 0 Å². The number of para-hydroxylation sites is 1. The molecule has 3 amide bonds. The van der Waals surface area contributed by atoms with Crippen LogP contribution in [0.5, 0.6) is 0 Å². The number of halogens is 3. The summed E-state index contributed by atoms with van der Waals surface area (Å²) in [6, 6.07) is 24.5. The molecule has 0 saturated heterocycles. The van der Waals surface area contributed by atoms with Gasteiger partial charge in [0.25, 0.3) is 5.91 Å². The van der Waals surface area contributed by atoms with Crippen LogP contribution in [0, 0.1) is 11.8 Å². The molecule has 3 aromatic rings. The number of hydrogen-bond acceptors (Lipinski definition) is 4. The summed E-state index contributed by atoms with van der Waals surface area (Å²) >= 11 is 0. The number of anilines is 1. The molecule has 0 spiro atoms. The number of amides is 3. The molecule has 3 atom stereocenters. The van der Waals surface area contributed by atoms with Crippen molar-refractivity contribution in [1.29, 1.82) is 0 Å². The summed E-state index contributed by atoms with van der Waals surface area (Å²) in [5.74, 6) is -4.87. The number of rotatable bonds is 10. The molecule has 5 rings (SSSR count). The molecule has 7 nitrogen and oxygen atoms in total. The fourth-order valence-corrected chi connectivity index (χ4v) is 5.36. The molecule has 218 valence electrons. The minimum Gasteiger partial charge on any atom is -0.369 e. The number of nitrogens with two attached hydrogens (primary N) is 1. The Morgan fingerprint density at radius 3 is 2.19 bits per heavy atom. The van der Waals surface area contributed by atoms with Gasteiger partial charge in [0.1, 0.15) is 0 Å². The maximum absolute atomic E-state index is 14.0. The summed E-state index contributed by atoms with van der Waals surface area (Å²) < 4.78 is 40.1. The van der Waals surface area contributed by atoms with E-state index in [1.165, 1.54) is 0 Å². The second-order valence-electron chi connectivity index (χ2n) is 10.7. The van der Waals surface area contributed by atoms with Gasteiger partial charge in [-0.05, 0) is 36.8 Å². The van der Waals surface area contributed by atoms with E-state index >= 15 is 0 Å². The fraction of sp³-hybridized carbons (Fsp3) is 0.312. The van der Waals surface area contributed by atoms with Crippen molar-refractivity contribution >= 4 is 29.1 Å². The summed E-state index contributed by atoms with van der Waals surface area (Å²) in [4.78, 5) is 46.8. The predicted molar refractivity (Wildman–Crippen MR) is 153 cm³/mol. The van der Waals surface area contributed by atoms with E-state index in [-0.39, 0.29) is 0 Å². The Bertz CT molecular complexity index is 1470. The van der Waals surface area contributed by atoms with Gasteiger partial charge < -0.3 is 16.0 Å². The minimum absolute atomic E-state index is 0.300. The number of carbonyl (C=O) groups excluding carboxylic acids is 3. The highest BCUT2D eigenvalue weighted by molar-refractivity contribution is 6.20. The average molecular weight is 577 g/mol. The molecule has 2 aliphatic rings. The molecule has 10 heteroatoms. The van der Waals surface area contributed by atoms with Crippen molar-refractivity contribution in [2.75, 3.05) is 11.4 Å². The molecule has 3 aromatic carbocycles. The molecule has 0 radical (unpaired) electrons. The number of fused-ring (bicyclic) bond motifs is 1. The summed E-state index contributed by atoms with van der Waals surface area (Å²) in [6.45, 7) is 0.422. The zero-order chi connectivity index (χ0) is 29.9. The van der Waals surface area contributed by atoms with Crippen LogP contribution >= 0.6 is 0 Å². The highest BCUT2D eigenvalue weighted by Crippen LogP contribution is 2.36. The summed E-state index contributed by atoms with van der Waals surface area (Å²) in [7, 11) is 0. The SMILES string of the molecule is NC(=O)[C@@H](c1ccccc1)[C@@H](CCC(F)(F)F)C(=O)NC1N=C(c2ccccc2)c2ccccc2N(CC2CC2)C1=O. The van der Waals surface area contributed by atoms with Crippen molar-refractivity contribution in [2.24, 2.45) is 22.6 Å². The standard InChI is InChI=1S/C32H31F3N4O3/c33-32(34,35)18-17-24(26(28(36)40)21-9-3-1-4-10-21)30(41)38-29-31(42)39(19-20-15-16-20)25-14-8-7-13-23(25)27(37-29)22-11-5-2-6-12-22/h1-14,20,24,26,29H,15-19H2,(H2,36,40)(H,38,41)/t24-,26+,29?/m1/s1. The number of benzodiazepines with no additional fused rings is 1. The number of hydrogen-bond donors (Lipinski definition) is 2. The van der Waals surface area contributed by atoms with Crippen molar-refractivity contribution in [2.45, 2.75) is 43.9 Å². The van der Waals surface area contributed by atoms with Gasteiger partial charge in [-0.3, -0.25) is 14.4 Å². The van der Waals surface area contributed by atoms with Crippen LogP contribution in [-0.4, -0.2) is 42.3 Å². The molecule has 1 heterocycles.